The molecule has 9 heteroatoms. The van der Waals surface area contributed by atoms with E-state index in [2.05, 4.69) is 0 Å². The highest BCUT2D eigenvalue weighted by Crippen LogP contribution is 2.32. The topological polar surface area (TPSA) is 117 Å². The molecule has 28 heavy (non-hydrogen) atoms. The van der Waals surface area contributed by atoms with Crippen LogP contribution in [0, 0.1) is 21.4 Å². The zero-order chi connectivity index (χ0) is 20.4. The number of nitrogens with zero attached hydrogens (tertiary/aromatic N) is 4. The maximum Gasteiger partial charge on any atom is 0.293 e. The first-order valence-electron chi connectivity index (χ1n) is 8.61. The zero-order valence-electron chi connectivity index (χ0n) is 15.5. The number of carbonyl (C=O) groups is 2. The summed E-state index contributed by atoms with van der Waals surface area (Å²) in [6.45, 7) is 3.63. The molecule has 0 saturated carbocycles. The summed E-state index contributed by atoms with van der Waals surface area (Å²) in [4.78, 5) is 38.4. The molecule has 0 N–H and O–H groups in total. The Morgan fingerprint density at radius 2 is 1.93 bits per heavy atom. The highest BCUT2D eigenvalue weighted by Gasteiger charge is 2.33. The number of nitro benzene ring substituents is 1. The lowest BCUT2D eigenvalue weighted by Crippen LogP contribution is -2.39. The van der Waals surface area contributed by atoms with Gasteiger partial charge in [-0.2, -0.15) is 5.26 Å². The molecule has 3 rings (SSSR count). The summed E-state index contributed by atoms with van der Waals surface area (Å²) in [6, 6.07) is 6.53. The van der Waals surface area contributed by atoms with E-state index in [-0.39, 0.29) is 22.4 Å². The van der Waals surface area contributed by atoms with E-state index in [0.717, 1.165) is 4.90 Å². The Bertz CT molecular complexity index is 967. The van der Waals surface area contributed by atoms with Gasteiger partial charge in [0.25, 0.3) is 17.5 Å². The molecule has 0 unspecified atom stereocenters. The number of hydrogen-bond donors (Lipinski definition) is 0. The lowest BCUT2D eigenvalue weighted by Gasteiger charge is -2.28. The van der Waals surface area contributed by atoms with Gasteiger partial charge in [-0.05, 0) is 30.2 Å². The second-order valence-corrected chi connectivity index (χ2v) is 6.44. The van der Waals surface area contributed by atoms with Crippen LogP contribution in [0.4, 0.5) is 11.4 Å². The number of benzene rings is 1. The Morgan fingerprint density at radius 3 is 2.54 bits per heavy atom. The van der Waals surface area contributed by atoms with Gasteiger partial charge in [-0.3, -0.25) is 24.6 Å². The van der Waals surface area contributed by atoms with Gasteiger partial charge in [0.1, 0.15) is 17.3 Å². The first kappa shape index (κ1) is 19.3. The molecule has 2 amide bonds. The number of hydrogen-bond acceptors (Lipinski definition) is 7. The fourth-order valence-electron chi connectivity index (χ4n) is 3.21. The summed E-state index contributed by atoms with van der Waals surface area (Å²) in [5.41, 5.74) is 1.15. The number of nitro groups is 1. The Kier molecular flexibility index (Phi) is 5.24. The maximum absolute atomic E-state index is 12.5. The largest absolute Gasteiger partial charge is 0.378 e. The van der Waals surface area contributed by atoms with Crippen molar-refractivity contribution in [2.45, 2.75) is 6.92 Å². The summed E-state index contributed by atoms with van der Waals surface area (Å²) >= 11 is 0. The van der Waals surface area contributed by atoms with E-state index in [4.69, 9.17) is 4.74 Å². The predicted molar refractivity (Wildman–Crippen MR) is 100 cm³/mol. The van der Waals surface area contributed by atoms with Crippen LogP contribution in [0.15, 0.2) is 34.9 Å². The number of imide groups is 1. The number of ether oxygens (including phenoxy) is 1. The molecule has 1 saturated heterocycles. The van der Waals surface area contributed by atoms with Crippen molar-refractivity contribution in [1.29, 1.82) is 5.26 Å². The molecule has 2 aliphatic heterocycles. The minimum absolute atomic E-state index is 0.0777. The average Bonchev–Trinajstić information content (AvgIpc) is 2.70. The van der Waals surface area contributed by atoms with Crippen LogP contribution in [-0.2, 0) is 14.3 Å². The van der Waals surface area contributed by atoms with Crippen molar-refractivity contribution in [3.63, 3.8) is 0 Å². The molecule has 0 atom stereocenters. The first-order chi connectivity index (χ1) is 13.3. The van der Waals surface area contributed by atoms with Gasteiger partial charge in [0.05, 0.1) is 18.1 Å². The van der Waals surface area contributed by atoms with Crippen LogP contribution in [0.3, 0.4) is 0 Å². The number of amides is 2. The van der Waals surface area contributed by atoms with Crippen molar-refractivity contribution in [1.82, 2.24) is 4.90 Å². The minimum Gasteiger partial charge on any atom is -0.378 e. The third kappa shape index (κ3) is 3.37. The fourth-order valence-corrected chi connectivity index (χ4v) is 3.21. The smallest absolute Gasteiger partial charge is 0.293 e. The molecular weight excluding hydrogens is 364 g/mol. The molecule has 0 bridgehead atoms. The van der Waals surface area contributed by atoms with E-state index in [0.29, 0.717) is 37.6 Å². The van der Waals surface area contributed by atoms with E-state index in [9.17, 15) is 25.0 Å². The fraction of sp³-hybridized carbons (Fsp3) is 0.316. The monoisotopic (exact) mass is 382 g/mol. The van der Waals surface area contributed by atoms with Crippen LogP contribution in [0.25, 0.3) is 6.08 Å². The first-order valence-corrected chi connectivity index (χ1v) is 8.61. The Morgan fingerprint density at radius 1 is 1.25 bits per heavy atom. The van der Waals surface area contributed by atoms with Crippen molar-refractivity contribution < 1.29 is 19.2 Å². The van der Waals surface area contributed by atoms with Crippen molar-refractivity contribution in [3.8, 4) is 6.07 Å². The van der Waals surface area contributed by atoms with Gasteiger partial charge in [-0.15, -0.1) is 0 Å². The van der Waals surface area contributed by atoms with Crippen LogP contribution in [0.2, 0.25) is 0 Å². The van der Waals surface area contributed by atoms with Crippen molar-refractivity contribution in [2.75, 3.05) is 38.3 Å². The van der Waals surface area contributed by atoms with Crippen molar-refractivity contribution in [3.05, 3.63) is 50.6 Å². The second-order valence-electron chi connectivity index (χ2n) is 6.44. The van der Waals surface area contributed by atoms with Crippen LogP contribution >= 0.6 is 0 Å². The van der Waals surface area contributed by atoms with Gasteiger partial charge in [0, 0.05) is 31.8 Å². The van der Waals surface area contributed by atoms with Crippen LogP contribution in [0.5, 0.6) is 0 Å². The van der Waals surface area contributed by atoms with Gasteiger partial charge in [-0.25, -0.2) is 0 Å². The summed E-state index contributed by atoms with van der Waals surface area (Å²) in [5.74, 6) is -1.21. The van der Waals surface area contributed by atoms with Crippen molar-refractivity contribution in [2.24, 2.45) is 0 Å². The third-order valence-corrected chi connectivity index (χ3v) is 4.80. The number of likely N-dealkylation sites (N-methyl/N-ethyl adjacent to an activating group) is 1. The van der Waals surface area contributed by atoms with Crippen molar-refractivity contribution >= 4 is 29.3 Å². The molecule has 9 nitrogen and oxygen atoms in total. The highest BCUT2D eigenvalue weighted by atomic mass is 16.6. The van der Waals surface area contributed by atoms with E-state index in [1.54, 1.807) is 12.1 Å². The second kappa shape index (κ2) is 7.62. The molecule has 1 fully saturated rings. The third-order valence-electron chi connectivity index (χ3n) is 4.80. The number of morpholine rings is 1. The van der Waals surface area contributed by atoms with Crippen LogP contribution in [-0.4, -0.2) is 55.0 Å². The van der Waals surface area contributed by atoms with Gasteiger partial charge in [-0.1, -0.05) is 6.07 Å². The lowest BCUT2D eigenvalue weighted by atomic mass is 9.94. The highest BCUT2D eigenvalue weighted by molar-refractivity contribution is 6.19. The number of anilines is 1. The van der Waals surface area contributed by atoms with E-state index in [1.807, 2.05) is 11.0 Å². The van der Waals surface area contributed by atoms with E-state index in [1.165, 1.54) is 26.1 Å². The normalized spacial score (nSPS) is 19.2. The van der Waals surface area contributed by atoms with Crippen LogP contribution < -0.4 is 4.90 Å². The Labute approximate surface area is 161 Å². The maximum atomic E-state index is 12.5. The molecule has 0 spiro atoms. The minimum atomic E-state index is -0.657. The van der Waals surface area contributed by atoms with Crippen LogP contribution in [0.1, 0.15) is 12.5 Å². The number of nitriles is 1. The summed E-state index contributed by atoms with van der Waals surface area (Å²) in [5, 5.41) is 20.8. The standard InChI is InChI=1S/C19H18N4O5/c1-12-14(18(24)21(2)19(25)15(12)11-20)9-13-3-4-16(17(10-13)23(26)27)22-5-7-28-8-6-22/h3-4,9-10H,5-8H2,1-2H3/b14-9-. The molecule has 1 aromatic carbocycles. The Balaban J connectivity index is 2.06. The van der Waals surface area contributed by atoms with Gasteiger partial charge in [0.2, 0.25) is 0 Å². The van der Waals surface area contributed by atoms with E-state index < -0.39 is 16.7 Å². The molecule has 0 aliphatic carbocycles. The number of carbonyl (C=O) groups excluding carboxylic acids is 2. The van der Waals surface area contributed by atoms with Gasteiger partial charge >= 0.3 is 0 Å². The molecule has 0 aromatic heterocycles. The van der Waals surface area contributed by atoms with Gasteiger partial charge in [0.15, 0.2) is 0 Å². The molecule has 144 valence electrons. The molecule has 1 aromatic rings. The molecule has 2 heterocycles. The average molecular weight is 382 g/mol. The Hall–Kier alpha value is -3.51. The molecule has 0 radical (unpaired) electrons. The quantitative estimate of drug-likeness (QED) is 0.338. The summed E-state index contributed by atoms with van der Waals surface area (Å²) in [6.07, 6.45) is 1.47. The SMILES string of the molecule is CC1=C(C#N)C(=O)N(C)C(=O)/C1=C\c1ccc(N2CCOCC2)c([N+](=O)[O-])c1. The molecule has 2 aliphatic rings. The lowest BCUT2D eigenvalue weighted by molar-refractivity contribution is -0.384. The van der Waals surface area contributed by atoms with E-state index >= 15 is 0 Å². The summed E-state index contributed by atoms with van der Waals surface area (Å²) < 4.78 is 5.29. The predicted octanol–water partition coefficient (Wildman–Crippen LogP) is 1.65. The zero-order valence-corrected chi connectivity index (χ0v) is 15.5. The van der Waals surface area contributed by atoms with Gasteiger partial charge < -0.3 is 9.64 Å². The molecular formula is C19H18N4O5. The summed E-state index contributed by atoms with van der Waals surface area (Å²) in [7, 11) is 1.30. The number of rotatable bonds is 3.